The summed E-state index contributed by atoms with van der Waals surface area (Å²) in [7, 11) is 1.29. The third-order valence-corrected chi connectivity index (χ3v) is 2.95. The number of nitrogens with zero attached hydrogens (tertiary/aromatic N) is 3. The van der Waals surface area contributed by atoms with Crippen LogP contribution in [0.25, 0.3) is 5.57 Å². The molecule has 0 saturated heterocycles. The Morgan fingerprint density at radius 3 is 2.50 bits per heavy atom. The van der Waals surface area contributed by atoms with E-state index < -0.39 is 11.6 Å². The highest BCUT2D eigenvalue weighted by molar-refractivity contribution is 5.87. The second kappa shape index (κ2) is 6.13. The van der Waals surface area contributed by atoms with Gasteiger partial charge in [-0.25, -0.2) is 14.6 Å². The van der Waals surface area contributed by atoms with Crippen molar-refractivity contribution in [3.05, 3.63) is 29.9 Å². The lowest BCUT2D eigenvalue weighted by Gasteiger charge is -2.24. The summed E-state index contributed by atoms with van der Waals surface area (Å²) in [5.41, 5.74) is 1.12. The first kappa shape index (κ1) is 15.9. The average Bonchev–Trinajstić information content (AvgIpc) is 2.95. The van der Waals surface area contributed by atoms with Crippen LogP contribution in [0, 0.1) is 0 Å². The summed E-state index contributed by atoms with van der Waals surface area (Å²) >= 11 is 0. The van der Waals surface area contributed by atoms with Crippen LogP contribution in [0.5, 0.6) is 0 Å². The van der Waals surface area contributed by atoms with Crippen molar-refractivity contribution in [2.45, 2.75) is 26.4 Å². The smallest absolute Gasteiger partial charge is 0.410 e. The van der Waals surface area contributed by atoms with Crippen LogP contribution < -0.4 is 0 Å². The van der Waals surface area contributed by atoms with Crippen LogP contribution >= 0.6 is 0 Å². The number of aromatic nitrogens is 2. The molecule has 2 rings (SSSR count). The van der Waals surface area contributed by atoms with E-state index in [0.29, 0.717) is 18.8 Å². The predicted octanol–water partition coefficient (Wildman–Crippen LogP) is 1.90. The SMILES string of the molecule is COC(=O)c1cnc(C2=CCN(C(=O)OC(C)(C)C)C2)cn1. The number of amides is 1. The van der Waals surface area contributed by atoms with E-state index in [1.54, 1.807) is 4.90 Å². The highest BCUT2D eigenvalue weighted by atomic mass is 16.6. The Kier molecular flexibility index (Phi) is 4.44. The van der Waals surface area contributed by atoms with Gasteiger partial charge in [0.25, 0.3) is 0 Å². The zero-order valence-corrected chi connectivity index (χ0v) is 13.1. The minimum atomic E-state index is -0.533. The van der Waals surface area contributed by atoms with Crippen molar-refractivity contribution in [3.63, 3.8) is 0 Å². The summed E-state index contributed by atoms with van der Waals surface area (Å²) in [5, 5.41) is 0. The van der Waals surface area contributed by atoms with E-state index in [-0.39, 0.29) is 11.8 Å². The van der Waals surface area contributed by atoms with E-state index in [2.05, 4.69) is 14.7 Å². The largest absolute Gasteiger partial charge is 0.464 e. The summed E-state index contributed by atoms with van der Waals surface area (Å²) in [6.45, 7) is 6.34. The van der Waals surface area contributed by atoms with Crippen molar-refractivity contribution < 1.29 is 19.1 Å². The van der Waals surface area contributed by atoms with E-state index >= 15 is 0 Å². The number of hydrogen-bond acceptors (Lipinski definition) is 6. The number of methoxy groups -OCH3 is 1. The molecule has 2 heterocycles. The molecule has 0 fully saturated rings. The van der Waals surface area contributed by atoms with Gasteiger partial charge in [0, 0.05) is 6.54 Å². The van der Waals surface area contributed by atoms with Crippen molar-refractivity contribution in [2.24, 2.45) is 0 Å². The molecule has 1 aliphatic heterocycles. The Morgan fingerprint density at radius 1 is 1.23 bits per heavy atom. The van der Waals surface area contributed by atoms with Gasteiger partial charge in [-0.05, 0) is 26.3 Å². The molecular weight excluding hydrogens is 286 g/mol. The van der Waals surface area contributed by atoms with E-state index in [9.17, 15) is 9.59 Å². The molecule has 0 spiro atoms. The Labute approximate surface area is 128 Å². The second-order valence-corrected chi connectivity index (χ2v) is 5.87. The summed E-state index contributed by atoms with van der Waals surface area (Å²) in [6, 6.07) is 0. The number of hydrogen-bond donors (Lipinski definition) is 0. The summed E-state index contributed by atoms with van der Waals surface area (Å²) in [5.74, 6) is -0.533. The second-order valence-electron chi connectivity index (χ2n) is 5.87. The maximum absolute atomic E-state index is 12.0. The molecule has 1 aromatic heterocycles. The predicted molar refractivity (Wildman–Crippen MR) is 79.2 cm³/mol. The lowest BCUT2D eigenvalue weighted by atomic mass is 10.2. The molecular formula is C15H19N3O4. The molecule has 1 aromatic rings. The molecule has 0 aromatic carbocycles. The van der Waals surface area contributed by atoms with E-state index in [1.165, 1.54) is 19.5 Å². The van der Waals surface area contributed by atoms with Crippen molar-refractivity contribution in [2.75, 3.05) is 20.2 Å². The van der Waals surface area contributed by atoms with Crippen LogP contribution in [0.1, 0.15) is 37.0 Å². The zero-order valence-electron chi connectivity index (χ0n) is 13.1. The lowest BCUT2D eigenvalue weighted by molar-refractivity contribution is 0.0306. The fourth-order valence-electron chi connectivity index (χ4n) is 1.91. The molecule has 0 bridgehead atoms. The fraction of sp³-hybridized carbons (Fsp3) is 0.467. The molecule has 118 valence electrons. The van der Waals surface area contributed by atoms with Gasteiger partial charge in [-0.1, -0.05) is 6.08 Å². The van der Waals surface area contributed by atoms with Gasteiger partial charge in [0.15, 0.2) is 5.69 Å². The molecule has 22 heavy (non-hydrogen) atoms. The highest BCUT2D eigenvalue weighted by Gasteiger charge is 2.26. The van der Waals surface area contributed by atoms with E-state index in [1.807, 2.05) is 26.8 Å². The Bertz CT molecular complexity index is 602. The van der Waals surface area contributed by atoms with Crippen LogP contribution in [0.15, 0.2) is 18.5 Å². The van der Waals surface area contributed by atoms with Gasteiger partial charge >= 0.3 is 12.1 Å². The minimum Gasteiger partial charge on any atom is -0.464 e. The van der Waals surface area contributed by atoms with Gasteiger partial charge in [-0.2, -0.15) is 0 Å². The standard InChI is InChI=1S/C15H19N3O4/c1-15(2,3)22-14(20)18-6-5-10(9-18)11-7-17-12(8-16-11)13(19)21-4/h5,7-8H,6,9H2,1-4H3. The Balaban J connectivity index is 2.01. The average molecular weight is 305 g/mol. The molecule has 0 radical (unpaired) electrons. The molecule has 1 aliphatic rings. The van der Waals surface area contributed by atoms with E-state index in [4.69, 9.17) is 4.74 Å². The molecule has 7 heteroatoms. The van der Waals surface area contributed by atoms with Gasteiger partial charge in [0.2, 0.25) is 0 Å². The Hall–Kier alpha value is -2.44. The number of carbonyl (C=O) groups excluding carboxylic acids is 2. The highest BCUT2D eigenvalue weighted by Crippen LogP contribution is 2.21. The third kappa shape index (κ3) is 3.81. The van der Waals surface area contributed by atoms with Gasteiger partial charge in [0.1, 0.15) is 5.60 Å². The molecule has 0 unspecified atom stereocenters. The first-order valence-electron chi connectivity index (χ1n) is 6.88. The topological polar surface area (TPSA) is 81.6 Å². The van der Waals surface area contributed by atoms with Gasteiger partial charge in [-0.15, -0.1) is 0 Å². The van der Waals surface area contributed by atoms with Crippen molar-refractivity contribution >= 4 is 17.6 Å². The van der Waals surface area contributed by atoms with Crippen LogP contribution in [-0.2, 0) is 9.47 Å². The first-order valence-corrected chi connectivity index (χ1v) is 6.88. The van der Waals surface area contributed by atoms with Gasteiger partial charge in [0.05, 0.1) is 31.7 Å². The molecule has 1 amide bonds. The van der Waals surface area contributed by atoms with Crippen molar-refractivity contribution in [3.8, 4) is 0 Å². The quantitative estimate of drug-likeness (QED) is 0.776. The zero-order chi connectivity index (χ0) is 16.3. The molecule has 0 N–H and O–H groups in total. The molecule has 0 saturated carbocycles. The third-order valence-electron chi connectivity index (χ3n) is 2.95. The first-order chi connectivity index (χ1) is 10.3. The molecule has 0 atom stereocenters. The molecule has 0 aliphatic carbocycles. The maximum Gasteiger partial charge on any atom is 0.410 e. The summed E-state index contributed by atoms with van der Waals surface area (Å²) in [6.07, 6.45) is 4.39. The minimum absolute atomic E-state index is 0.147. The van der Waals surface area contributed by atoms with Gasteiger partial charge < -0.3 is 14.4 Å². The number of rotatable bonds is 2. The monoisotopic (exact) mass is 305 g/mol. The van der Waals surface area contributed by atoms with Crippen LogP contribution in [0.4, 0.5) is 4.79 Å². The van der Waals surface area contributed by atoms with Crippen LogP contribution in [-0.4, -0.2) is 52.7 Å². The lowest BCUT2D eigenvalue weighted by Crippen LogP contribution is -2.35. The fourth-order valence-corrected chi connectivity index (χ4v) is 1.91. The van der Waals surface area contributed by atoms with Crippen molar-refractivity contribution in [1.29, 1.82) is 0 Å². The summed E-state index contributed by atoms with van der Waals surface area (Å²) in [4.78, 5) is 33.1. The van der Waals surface area contributed by atoms with Crippen LogP contribution in [0.3, 0.4) is 0 Å². The maximum atomic E-state index is 12.0. The van der Waals surface area contributed by atoms with E-state index in [0.717, 1.165) is 5.57 Å². The van der Waals surface area contributed by atoms with Crippen molar-refractivity contribution in [1.82, 2.24) is 14.9 Å². The normalized spacial score (nSPS) is 14.5. The van der Waals surface area contributed by atoms with Crippen LogP contribution in [0.2, 0.25) is 0 Å². The molecule has 7 nitrogen and oxygen atoms in total. The number of ether oxygens (including phenoxy) is 2. The number of carbonyl (C=O) groups is 2. The van der Waals surface area contributed by atoms with Gasteiger partial charge in [-0.3, -0.25) is 4.98 Å². The summed E-state index contributed by atoms with van der Waals surface area (Å²) < 4.78 is 9.90. The number of esters is 1. The Morgan fingerprint density at radius 2 is 1.95 bits per heavy atom.